The molecule has 0 aliphatic heterocycles. The van der Waals surface area contributed by atoms with E-state index in [1.807, 2.05) is 6.92 Å². The molecule has 19 heavy (non-hydrogen) atoms. The molecule has 1 aromatic carbocycles. The van der Waals surface area contributed by atoms with Crippen molar-refractivity contribution in [3.63, 3.8) is 0 Å². The first-order chi connectivity index (χ1) is 9.11. The standard InChI is InChI=1S/C16H23F2N/c1-3-19-16(12-6-4-5-11(2)9-12)14-8-7-13(17)10-15(14)18/h7-8,10-12,16,19H,3-6,9H2,1-2H3. The summed E-state index contributed by atoms with van der Waals surface area (Å²) in [6.45, 7) is 5.09. The highest BCUT2D eigenvalue weighted by molar-refractivity contribution is 5.23. The van der Waals surface area contributed by atoms with Gasteiger partial charge in [0.2, 0.25) is 0 Å². The van der Waals surface area contributed by atoms with Crippen LogP contribution in [-0.2, 0) is 0 Å². The largest absolute Gasteiger partial charge is 0.310 e. The van der Waals surface area contributed by atoms with Crippen molar-refractivity contribution in [3.8, 4) is 0 Å². The maximum atomic E-state index is 14.0. The number of hydrogen-bond donors (Lipinski definition) is 1. The fourth-order valence-electron chi connectivity index (χ4n) is 3.29. The zero-order valence-corrected chi connectivity index (χ0v) is 11.8. The van der Waals surface area contributed by atoms with Crippen LogP contribution >= 0.6 is 0 Å². The topological polar surface area (TPSA) is 12.0 Å². The molecule has 3 heteroatoms. The van der Waals surface area contributed by atoms with Gasteiger partial charge >= 0.3 is 0 Å². The molecule has 0 heterocycles. The SMILES string of the molecule is CCNC(c1ccc(F)cc1F)C1CCCC(C)C1. The van der Waals surface area contributed by atoms with Gasteiger partial charge in [-0.2, -0.15) is 0 Å². The van der Waals surface area contributed by atoms with Gasteiger partial charge in [0, 0.05) is 17.7 Å². The highest BCUT2D eigenvalue weighted by atomic mass is 19.1. The molecule has 106 valence electrons. The molecular weight excluding hydrogens is 244 g/mol. The minimum atomic E-state index is -0.506. The Labute approximate surface area is 114 Å². The number of benzene rings is 1. The Balaban J connectivity index is 2.23. The third-order valence-corrected chi connectivity index (χ3v) is 4.17. The van der Waals surface area contributed by atoms with Crippen LogP contribution in [-0.4, -0.2) is 6.54 Å². The van der Waals surface area contributed by atoms with E-state index in [4.69, 9.17) is 0 Å². The molecule has 1 saturated carbocycles. The van der Waals surface area contributed by atoms with E-state index in [2.05, 4.69) is 12.2 Å². The number of halogens is 2. The molecular formula is C16H23F2N. The van der Waals surface area contributed by atoms with Gasteiger partial charge in [0.25, 0.3) is 0 Å². The lowest BCUT2D eigenvalue weighted by atomic mass is 9.76. The maximum absolute atomic E-state index is 14.0. The van der Waals surface area contributed by atoms with Gasteiger partial charge in [-0.3, -0.25) is 0 Å². The van der Waals surface area contributed by atoms with Gasteiger partial charge in [0.15, 0.2) is 0 Å². The Morgan fingerprint density at radius 1 is 1.32 bits per heavy atom. The van der Waals surface area contributed by atoms with Crippen LogP contribution in [0, 0.1) is 23.5 Å². The van der Waals surface area contributed by atoms with E-state index in [0.29, 0.717) is 17.4 Å². The van der Waals surface area contributed by atoms with Gasteiger partial charge in [-0.05, 0) is 37.3 Å². The third-order valence-electron chi connectivity index (χ3n) is 4.17. The summed E-state index contributed by atoms with van der Waals surface area (Å²) < 4.78 is 27.0. The molecule has 0 saturated heterocycles. The minimum absolute atomic E-state index is 0.00773. The molecule has 0 amide bonds. The van der Waals surface area contributed by atoms with Crippen molar-refractivity contribution in [1.29, 1.82) is 0 Å². The molecule has 0 aromatic heterocycles. The Kier molecular flexibility index (Phi) is 4.92. The zero-order chi connectivity index (χ0) is 13.8. The molecule has 0 spiro atoms. The lowest BCUT2D eigenvalue weighted by Crippen LogP contribution is -2.32. The monoisotopic (exact) mass is 267 g/mol. The van der Waals surface area contributed by atoms with E-state index in [-0.39, 0.29) is 6.04 Å². The summed E-state index contributed by atoms with van der Waals surface area (Å²) in [4.78, 5) is 0. The van der Waals surface area contributed by atoms with Crippen molar-refractivity contribution in [2.45, 2.75) is 45.6 Å². The molecule has 1 nitrogen and oxygen atoms in total. The summed E-state index contributed by atoms with van der Waals surface area (Å²) >= 11 is 0. The number of hydrogen-bond acceptors (Lipinski definition) is 1. The van der Waals surface area contributed by atoms with Crippen molar-refractivity contribution in [1.82, 2.24) is 5.32 Å². The van der Waals surface area contributed by atoms with Gasteiger partial charge < -0.3 is 5.32 Å². The quantitative estimate of drug-likeness (QED) is 0.850. The summed E-state index contributed by atoms with van der Waals surface area (Å²) in [5.74, 6) is 0.213. The predicted octanol–water partition coefficient (Wildman–Crippen LogP) is 4.44. The first-order valence-corrected chi connectivity index (χ1v) is 7.30. The van der Waals surface area contributed by atoms with E-state index in [1.165, 1.54) is 18.9 Å². The fraction of sp³-hybridized carbons (Fsp3) is 0.625. The Morgan fingerprint density at radius 3 is 2.74 bits per heavy atom. The van der Waals surface area contributed by atoms with Crippen molar-refractivity contribution in [3.05, 3.63) is 35.4 Å². The van der Waals surface area contributed by atoms with Gasteiger partial charge in [0.1, 0.15) is 11.6 Å². The molecule has 1 aromatic rings. The molecule has 1 N–H and O–H groups in total. The summed E-state index contributed by atoms with van der Waals surface area (Å²) in [5.41, 5.74) is 0.613. The van der Waals surface area contributed by atoms with Crippen LogP contribution in [0.3, 0.4) is 0 Å². The maximum Gasteiger partial charge on any atom is 0.130 e. The average Bonchev–Trinajstić information content (AvgIpc) is 2.37. The lowest BCUT2D eigenvalue weighted by Gasteiger charge is -2.34. The van der Waals surface area contributed by atoms with E-state index in [1.54, 1.807) is 6.07 Å². The lowest BCUT2D eigenvalue weighted by molar-refractivity contribution is 0.222. The first-order valence-electron chi connectivity index (χ1n) is 7.30. The molecule has 0 bridgehead atoms. The Bertz CT molecular complexity index is 419. The summed E-state index contributed by atoms with van der Waals surface area (Å²) in [6, 6.07) is 3.95. The Hall–Kier alpha value is -0.960. The van der Waals surface area contributed by atoms with Crippen LogP contribution < -0.4 is 5.32 Å². The summed E-state index contributed by atoms with van der Waals surface area (Å²) in [7, 11) is 0. The van der Waals surface area contributed by atoms with E-state index >= 15 is 0 Å². The van der Waals surface area contributed by atoms with Crippen LogP contribution in [0.4, 0.5) is 8.78 Å². The van der Waals surface area contributed by atoms with Crippen molar-refractivity contribution in [2.75, 3.05) is 6.54 Å². The Morgan fingerprint density at radius 2 is 2.11 bits per heavy atom. The molecule has 3 unspecified atom stereocenters. The highest BCUT2D eigenvalue weighted by Crippen LogP contribution is 2.37. The average molecular weight is 267 g/mol. The molecule has 0 radical (unpaired) electrons. The van der Waals surface area contributed by atoms with Crippen LogP contribution in [0.25, 0.3) is 0 Å². The van der Waals surface area contributed by atoms with Gasteiger partial charge in [-0.25, -0.2) is 8.78 Å². The summed E-state index contributed by atoms with van der Waals surface area (Å²) in [6.07, 6.45) is 4.71. The molecule has 1 aliphatic rings. The second-order valence-electron chi connectivity index (χ2n) is 5.73. The molecule has 1 aliphatic carbocycles. The fourth-order valence-corrected chi connectivity index (χ4v) is 3.29. The van der Waals surface area contributed by atoms with Crippen molar-refractivity contribution < 1.29 is 8.78 Å². The van der Waals surface area contributed by atoms with Crippen LogP contribution in [0.1, 0.15) is 51.1 Å². The van der Waals surface area contributed by atoms with Crippen molar-refractivity contribution >= 4 is 0 Å². The molecule has 1 fully saturated rings. The van der Waals surface area contributed by atoms with Gasteiger partial charge in [-0.15, -0.1) is 0 Å². The van der Waals surface area contributed by atoms with Crippen LogP contribution in [0.5, 0.6) is 0 Å². The van der Waals surface area contributed by atoms with Gasteiger partial charge in [0.05, 0.1) is 0 Å². The van der Waals surface area contributed by atoms with E-state index < -0.39 is 11.6 Å². The highest BCUT2D eigenvalue weighted by Gasteiger charge is 2.28. The molecule has 2 rings (SSSR count). The van der Waals surface area contributed by atoms with Crippen LogP contribution in [0.15, 0.2) is 18.2 Å². The van der Waals surface area contributed by atoms with Gasteiger partial charge in [-0.1, -0.05) is 32.8 Å². The minimum Gasteiger partial charge on any atom is -0.310 e. The summed E-state index contributed by atoms with van der Waals surface area (Å²) in [5, 5.41) is 3.39. The third kappa shape index (κ3) is 3.53. The first kappa shape index (κ1) is 14.4. The molecule has 3 atom stereocenters. The van der Waals surface area contributed by atoms with Crippen molar-refractivity contribution in [2.24, 2.45) is 11.8 Å². The number of rotatable bonds is 4. The van der Waals surface area contributed by atoms with Crippen LogP contribution in [0.2, 0.25) is 0 Å². The smallest absolute Gasteiger partial charge is 0.130 e. The van der Waals surface area contributed by atoms with E-state index in [0.717, 1.165) is 25.5 Å². The second kappa shape index (κ2) is 6.47. The normalized spacial score (nSPS) is 25.3. The van der Waals surface area contributed by atoms with E-state index in [9.17, 15) is 8.78 Å². The second-order valence-corrected chi connectivity index (χ2v) is 5.73. The predicted molar refractivity (Wildman–Crippen MR) is 73.9 cm³/mol. The number of nitrogens with one attached hydrogen (secondary N) is 1. The zero-order valence-electron chi connectivity index (χ0n) is 11.8.